The average Bonchev–Trinajstić information content (AvgIpc) is 2.36. The molecule has 0 fully saturated rings. The summed E-state index contributed by atoms with van der Waals surface area (Å²) in [5.74, 6) is 1.14. The molecule has 0 bridgehead atoms. The second-order valence-corrected chi connectivity index (χ2v) is 7.85. The molecule has 18 heavy (non-hydrogen) atoms. The lowest BCUT2D eigenvalue weighted by atomic mass is 9.91. The van der Waals surface area contributed by atoms with E-state index in [0.717, 1.165) is 12.3 Å². The highest BCUT2D eigenvalue weighted by Crippen LogP contribution is 2.46. The fourth-order valence-corrected chi connectivity index (χ4v) is 4.08. The van der Waals surface area contributed by atoms with Gasteiger partial charge in [0, 0.05) is 21.4 Å². The van der Waals surface area contributed by atoms with Crippen LogP contribution in [0.5, 0.6) is 0 Å². The van der Waals surface area contributed by atoms with Crippen LogP contribution < -0.4 is 5.32 Å². The Kier molecular flexibility index (Phi) is 4.68. The lowest BCUT2D eigenvalue weighted by molar-refractivity contribution is 0.439. The molecule has 1 unspecified atom stereocenters. The summed E-state index contributed by atoms with van der Waals surface area (Å²) in [6, 6.07) is 7.41. The minimum Gasteiger partial charge on any atom is -0.309 e. The van der Waals surface area contributed by atoms with Crippen LogP contribution in [0.1, 0.15) is 44.4 Å². The number of hydrogen-bond acceptors (Lipinski definition) is 3. The van der Waals surface area contributed by atoms with Gasteiger partial charge in [0.1, 0.15) is 0 Å². The van der Waals surface area contributed by atoms with Crippen molar-refractivity contribution in [1.82, 2.24) is 5.32 Å². The Morgan fingerprint density at radius 1 is 1.44 bits per heavy atom. The number of rotatable bonds is 4. The van der Waals surface area contributed by atoms with Gasteiger partial charge in [-0.1, -0.05) is 13.0 Å². The number of hydrogen-bond donors (Lipinski definition) is 1. The molecule has 0 spiro atoms. The van der Waals surface area contributed by atoms with Gasteiger partial charge < -0.3 is 5.32 Å². The van der Waals surface area contributed by atoms with E-state index < -0.39 is 0 Å². The van der Waals surface area contributed by atoms with Crippen molar-refractivity contribution in [3.8, 4) is 0 Å². The number of nitrogens with one attached hydrogen (secondary N) is 1. The molecular weight excluding hydrogens is 258 g/mol. The first kappa shape index (κ1) is 14.3. The molecule has 1 heterocycles. The minimum atomic E-state index is 0.277. The molecule has 1 aromatic rings. The van der Waals surface area contributed by atoms with Crippen LogP contribution in [0, 0.1) is 0 Å². The Morgan fingerprint density at radius 2 is 2.22 bits per heavy atom. The van der Waals surface area contributed by atoms with E-state index in [0.29, 0.717) is 6.04 Å². The van der Waals surface area contributed by atoms with E-state index in [4.69, 9.17) is 0 Å². The molecule has 1 aliphatic rings. The van der Waals surface area contributed by atoms with Crippen LogP contribution in [0.3, 0.4) is 0 Å². The third-order valence-electron chi connectivity index (χ3n) is 3.56. The first-order chi connectivity index (χ1) is 8.58. The van der Waals surface area contributed by atoms with E-state index in [1.54, 1.807) is 0 Å². The van der Waals surface area contributed by atoms with Crippen LogP contribution in [-0.2, 0) is 5.75 Å². The first-order valence-corrected chi connectivity index (χ1v) is 8.83. The van der Waals surface area contributed by atoms with Crippen molar-refractivity contribution in [3.63, 3.8) is 0 Å². The maximum atomic E-state index is 3.74. The topological polar surface area (TPSA) is 12.0 Å². The third-order valence-corrected chi connectivity index (χ3v) is 5.72. The normalized spacial score (nSPS) is 21.7. The van der Waals surface area contributed by atoms with E-state index in [9.17, 15) is 0 Å². The van der Waals surface area contributed by atoms with Crippen LogP contribution in [0.4, 0.5) is 0 Å². The predicted molar refractivity (Wildman–Crippen MR) is 84.6 cm³/mol. The molecule has 1 aromatic carbocycles. The molecule has 0 radical (unpaired) electrons. The van der Waals surface area contributed by atoms with Gasteiger partial charge in [0.15, 0.2) is 0 Å². The number of benzene rings is 1. The first-order valence-electron chi connectivity index (χ1n) is 6.62. The molecule has 1 nitrogen and oxygen atoms in total. The SMILES string of the molecule is CCCNC1c2cc(SC)ccc2CSC1(C)C. The third kappa shape index (κ3) is 2.89. The standard InChI is InChI=1S/C15H23NS2/c1-5-8-16-14-13-9-12(17-4)7-6-11(13)10-18-15(14,2)3/h6-7,9,14,16H,5,8,10H2,1-4H3. The maximum absolute atomic E-state index is 3.74. The zero-order chi connectivity index (χ0) is 13.2. The summed E-state index contributed by atoms with van der Waals surface area (Å²) in [6.07, 6.45) is 3.34. The van der Waals surface area contributed by atoms with E-state index in [1.165, 1.54) is 22.4 Å². The lowest BCUT2D eigenvalue weighted by Gasteiger charge is -2.40. The second-order valence-electron chi connectivity index (χ2n) is 5.34. The van der Waals surface area contributed by atoms with Gasteiger partial charge in [-0.3, -0.25) is 0 Å². The van der Waals surface area contributed by atoms with E-state index in [-0.39, 0.29) is 4.75 Å². The smallest absolute Gasteiger partial charge is 0.0467 e. The van der Waals surface area contributed by atoms with Crippen molar-refractivity contribution in [2.24, 2.45) is 0 Å². The maximum Gasteiger partial charge on any atom is 0.0467 e. The summed E-state index contributed by atoms with van der Waals surface area (Å²) in [5.41, 5.74) is 3.02. The molecule has 0 saturated heterocycles. The molecule has 1 atom stereocenters. The van der Waals surface area contributed by atoms with Gasteiger partial charge in [-0.05, 0) is 56.3 Å². The van der Waals surface area contributed by atoms with Crippen LogP contribution in [-0.4, -0.2) is 17.5 Å². The van der Waals surface area contributed by atoms with Gasteiger partial charge in [0.05, 0.1) is 0 Å². The number of thioether (sulfide) groups is 2. The summed E-state index contributed by atoms with van der Waals surface area (Å²) < 4.78 is 0.277. The zero-order valence-corrected chi connectivity index (χ0v) is 13.4. The van der Waals surface area contributed by atoms with Gasteiger partial charge in [-0.15, -0.1) is 23.5 Å². The highest BCUT2D eigenvalue weighted by molar-refractivity contribution is 8.00. The largest absolute Gasteiger partial charge is 0.309 e. The van der Waals surface area contributed by atoms with Crippen molar-refractivity contribution in [2.75, 3.05) is 12.8 Å². The highest BCUT2D eigenvalue weighted by Gasteiger charge is 2.36. The lowest BCUT2D eigenvalue weighted by Crippen LogP contribution is -2.40. The van der Waals surface area contributed by atoms with Crippen LogP contribution in [0.2, 0.25) is 0 Å². The summed E-state index contributed by atoms with van der Waals surface area (Å²) >= 11 is 3.90. The second kappa shape index (κ2) is 5.89. The highest BCUT2D eigenvalue weighted by atomic mass is 32.2. The Labute approximate surface area is 120 Å². The van der Waals surface area contributed by atoms with Crippen LogP contribution in [0.25, 0.3) is 0 Å². The quantitative estimate of drug-likeness (QED) is 0.818. The summed E-state index contributed by atoms with van der Waals surface area (Å²) in [6.45, 7) is 8.05. The monoisotopic (exact) mass is 281 g/mol. The van der Waals surface area contributed by atoms with Gasteiger partial charge in [-0.2, -0.15) is 0 Å². The van der Waals surface area contributed by atoms with E-state index in [2.05, 4.69) is 62.3 Å². The fraction of sp³-hybridized carbons (Fsp3) is 0.600. The zero-order valence-electron chi connectivity index (χ0n) is 11.7. The molecule has 0 amide bonds. The van der Waals surface area contributed by atoms with Crippen molar-refractivity contribution in [1.29, 1.82) is 0 Å². The van der Waals surface area contributed by atoms with Crippen molar-refractivity contribution < 1.29 is 0 Å². The summed E-state index contributed by atoms with van der Waals surface area (Å²) in [7, 11) is 0. The molecule has 0 aliphatic carbocycles. The van der Waals surface area contributed by atoms with Gasteiger partial charge in [-0.25, -0.2) is 0 Å². The van der Waals surface area contributed by atoms with E-state index in [1.807, 2.05) is 11.8 Å². The molecule has 3 heteroatoms. The summed E-state index contributed by atoms with van der Waals surface area (Å²) in [5, 5.41) is 3.74. The van der Waals surface area contributed by atoms with Crippen LogP contribution in [0.15, 0.2) is 23.1 Å². The van der Waals surface area contributed by atoms with Gasteiger partial charge in [0.25, 0.3) is 0 Å². The van der Waals surface area contributed by atoms with Crippen molar-refractivity contribution >= 4 is 23.5 Å². The summed E-state index contributed by atoms with van der Waals surface area (Å²) in [4.78, 5) is 1.37. The molecular formula is C15H23NS2. The molecule has 1 N–H and O–H groups in total. The van der Waals surface area contributed by atoms with Gasteiger partial charge >= 0.3 is 0 Å². The molecule has 100 valence electrons. The van der Waals surface area contributed by atoms with Crippen molar-refractivity contribution in [3.05, 3.63) is 29.3 Å². The molecule has 1 aliphatic heterocycles. The molecule has 2 rings (SSSR count). The average molecular weight is 281 g/mol. The van der Waals surface area contributed by atoms with E-state index >= 15 is 0 Å². The minimum absolute atomic E-state index is 0.277. The Hall–Kier alpha value is -0.120. The van der Waals surface area contributed by atoms with Crippen LogP contribution >= 0.6 is 23.5 Å². The van der Waals surface area contributed by atoms with Crippen molar-refractivity contribution in [2.45, 2.75) is 48.6 Å². The fourth-order valence-electron chi connectivity index (χ4n) is 2.47. The number of fused-ring (bicyclic) bond motifs is 1. The Morgan fingerprint density at radius 3 is 2.89 bits per heavy atom. The Balaban J connectivity index is 2.36. The molecule has 0 saturated carbocycles. The Bertz CT molecular complexity index is 415. The van der Waals surface area contributed by atoms with Gasteiger partial charge in [0.2, 0.25) is 0 Å². The predicted octanol–water partition coefficient (Wildman–Crippen LogP) is 4.47. The molecule has 0 aromatic heterocycles.